The lowest BCUT2D eigenvalue weighted by Crippen LogP contribution is -2.15. The molecule has 0 aliphatic heterocycles. The number of aromatic nitrogens is 1. The summed E-state index contributed by atoms with van der Waals surface area (Å²) in [6.45, 7) is 3.08. The van der Waals surface area contributed by atoms with E-state index in [0.29, 0.717) is 0 Å². The van der Waals surface area contributed by atoms with E-state index in [9.17, 15) is 0 Å². The van der Waals surface area contributed by atoms with E-state index < -0.39 is 0 Å². The van der Waals surface area contributed by atoms with Crippen molar-refractivity contribution in [3.05, 3.63) is 15.6 Å². The van der Waals surface area contributed by atoms with Crippen LogP contribution in [0.15, 0.2) is 0 Å². The van der Waals surface area contributed by atoms with Crippen molar-refractivity contribution in [2.24, 2.45) is 0 Å². The lowest BCUT2D eigenvalue weighted by molar-refractivity contribution is 0.119. The third kappa shape index (κ3) is 2.69. The maximum atomic E-state index is 5.37. The van der Waals surface area contributed by atoms with Gasteiger partial charge in [0.1, 0.15) is 11.1 Å². The highest BCUT2D eigenvalue weighted by molar-refractivity contribution is 7.11. The van der Waals surface area contributed by atoms with Crippen molar-refractivity contribution >= 4 is 11.3 Å². The molecular formula is C13H20N2OS. The molecule has 1 unspecified atom stereocenters. The van der Waals surface area contributed by atoms with Gasteiger partial charge in [-0.2, -0.15) is 0 Å². The van der Waals surface area contributed by atoms with Gasteiger partial charge in [-0.25, -0.2) is 4.98 Å². The fourth-order valence-corrected chi connectivity index (χ4v) is 3.11. The van der Waals surface area contributed by atoms with E-state index in [1.165, 1.54) is 36.3 Å². The lowest BCUT2D eigenvalue weighted by Gasteiger charge is -2.03. The van der Waals surface area contributed by atoms with Crippen LogP contribution in [0.1, 0.15) is 60.2 Å². The Morgan fingerprint density at radius 3 is 2.76 bits per heavy atom. The molecule has 0 aromatic carbocycles. The molecule has 1 N–H and O–H groups in total. The van der Waals surface area contributed by atoms with E-state index in [1.54, 1.807) is 7.11 Å². The van der Waals surface area contributed by atoms with E-state index in [0.717, 1.165) is 23.5 Å². The Hall–Kier alpha value is -0.450. The number of methoxy groups -OCH3 is 1. The molecule has 17 heavy (non-hydrogen) atoms. The van der Waals surface area contributed by atoms with Gasteiger partial charge in [0.2, 0.25) is 0 Å². The number of rotatable bonds is 6. The molecule has 1 aromatic heterocycles. The molecule has 1 heterocycles. The number of thiazole rings is 1. The Morgan fingerprint density at radius 2 is 2.18 bits per heavy atom. The largest absolute Gasteiger partial charge is 0.375 e. The predicted molar refractivity (Wildman–Crippen MR) is 69.4 cm³/mol. The molecule has 3 nitrogen and oxygen atoms in total. The molecular weight excluding hydrogens is 232 g/mol. The summed E-state index contributed by atoms with van der Waals surface area (Å²) in [6, 6.07) is 0.771. The zero-order valence-corrected chi connectivity index (χ0v) is 11.3. The highest BCUT2D eigenvalue weighted by Crippen LogP contribution is 2.43. The van der Waals surface area contributed by atoms with Gasteiger partial charge in [0.05, 0.1) is 5.69 Å². The fraction of sp³-hybridized carbons (Fsp3) is 0.769. The molecule has 0 spiro atoms. The minimum atomic E-state index is 0.132. The quantitative estimate of drug-likeness (QED) is 0.845. The lowest BCUT2D eigenvalue weighted by atomic mass is 10.2. The van der Waals surface area contributed by atoms with Crippen LogP contribution in [-0.4, -0.2) is 18.1 Å². The van der Waals surface area contributed by atoms with Crippen molar-refractivity contribution in [2.75, 3.05) is 7.11 Å². The summed E-state index contributed by atoms with van der Waals surface area (Å²) in [7, 11) is 1.75. The number of hydrogen-bond donors (Lipinski definition) is 1. The number of ether oxygens (including phenoxy) is 1. The summed E-state index contributed by atoms with van der Waals surface area (Å²) >= 11 is 1.83. The summed E-state index contributed by atoms with van der Waals surface area (Å²) < 4.78 is 5.37. The van der Waals surface area contributed by atoms with Gasteiger partial charge in [-0.05, 0) is 32.6 Å². The van der Waals surface area contributed by atoms with E-state index in [2.05, 4.69) is 12.2 Å². The molecule has 0 amide bonds. The molecule has 2 fully saturated rings. The van der Waals surface area contributed by atoms with Crippen LogP contribution in [-0.2, 0) is 11.3 Å². The average Bonchev–Trinajstić information content (AvgIpc) is 3.25. The zero-order valence-electron chi connectivity index (χ0n) is 10.5. The SMILES string of the molecule is COC(C)c1nc(C2CC2)c(CNC2CC2)s1. The highest BCUT2D eigenvalue weighted by Gasteiger charge is 2.31. The van der Waals surface area contributed by atoms with Gasteiger partial charge >= 0.3 is 0 Å². The summed E-state index contributed by atoms with van der Waals surface area (Å²) in [5, 5.41) is 4.74. The molecule has 0 bridgehead atoms. The zero-order chi connectivity index (χ0) is 11.8. The molecule has 0 saturated heterocycles. The van der Waals surface area contributed by atoms with Crippen LogP contribution >= 0.6 is 11.3 Å². The molecule has 2 aliphatic carbocycles. The van der Waals surface area contributed by atoms with Crippen LogP contribution in [0.2, 0.25) is 0 Å². The van der Waals surface area contributed by atoms with Crippen molar-refractivity contribution in [2.45, 2.75) is 57.2 Å². The smallest absolute Gasteiger partial charge is 0.122 e. The first-order valence-corrected chi connectivity index (χ1v) is 7.35. The molecule has 1 aromatic rings. The topological polar surface area (TPSA) is 34.1 Å². The van der Waals surface area contributed by atoms with E-state index >= 15 is 0 Å². The standard InChI is InChI=1S/C13H20N2OS/c1-8(16-2)13-15-12(9-3-4-9)11(17-13)7-14-10-5-6-10/h8-10,14H,3-7H2,1-2H3. The fourth-order valence-electron chi connectivity index (χ4n) is 1.98. The first kappa shape index (κ1) is 11.6. The van der Waals surface area contributed by atoms with Crippen molar-refractivity contribution in [1.82, 2.24) is 10.3 Å². The Bertz CT molecular complexity index is 396. The normalized spacial score (nSPS) is 21.8. The molecule has 4 heteroatoms. The second kappa shape index (κ2) is 4.67. The summed E-state index contributed by atoms with van der Waals surface area (Å²) in [5.74, 6) is 0.736. The second-order valence-electron chi connectivity index (χ2n) is 5.17. The van der Waals surface area contributed by atoms with Gasteiger partial charge in [-0.3, -0.25) is 0 Å². The molecule has 1 atom stereocenters. The van der Waals surface area contributed by atoms with E-state index in [-0.39, 0.29) is 6.10 Å². The van der Waals surface area contributed by atoms with Crippen molar-refractivity contribution in [3.8, 4) is 0 Å². The highest BCUT2D eigenvalue weighted by atomic mass is 32.1. The minimum Gasteiger partial charge on any atom is -0.375 e. The van der Waals surface area contributed by atoms with Crippen LogP contribution in [0.25, 0.3) is 0 Å². The molecule has 0 radical (unpaired) electrons. The predicted octanol–water partition coefficient (Wildman–Crippen LogP) is 2.98. The molecule has 2 saturated carbocycles. The van der Waals surface area contributed by atoms with Crippen LogP contribution in [0.3, 0.4) is 0 Å². The minimum absolute atomic E-state index is 0.132. The maximum Gasteiger partial charge on any atom is 0.122 e. The van der Waals surface area contributed by atoms with Crippen molar-refractivity contribution in [3.63, 3.8) is 0 Å². The molecule has 2 aliphatic rings. The van der Waals surface area contributed by atoms with Crippen LogP contribution in [0.4, 0.5) is 0 Å². The summed E-state index contributed by atoms with van der Waals surface area (Å²) in [6.07, 6.45) is 5.46. The number of nitrogens with one attached hydrogen (secondary N) is 1. The van der Waals surface area contributed by atoms with Crippen LogP contribution in [0, 0.1) is 0 Å². The Balaban J connectivity index is 1.75. The Kier molecular flexibility index (Phi) is 3.19. The van der Waals surface area contributed by atoms with Gasteiger partial charge in [0, 0.05) is 30.5 Å². The Morgan fingerprint density at radius 1 is 1.41 bits per heavy atom. The maximum absolute atomic E-state index is 5.37. The van der Waals surface area contributed by atoms with Crippen LogP contribution in [0.5, 0.6) is 0 Å². The average molecular weight is 252 g/mol. The molecule has 3 rings (SSSR count). The number of hydrogen-bond acceptors (Lipinski definition) is 4. The molecule has 94 valence electrons. The van der Waals surface area contributed by atoms with Gasteiger partial charge in [-0.15, -0.1) is 11.3 Å². The van der Waals surface area contributed by atoms with E-state index in [1.807, 2.05) is 11.3 Å². The monoisotopic (exact) mass is 252 g/mol. The van der Waals surface area contributed by atoms with Gasteiger partial charge in [-0.1, -0.05) is 0 Å². The van der Waals surface area contributed by atoms with Gasteiger partial charge < -0.3 is 10.1 Å². The third-order valence-corrected chi connectivity index (χ3v) is 4.77. The van der Waals surface area contributed by atoms with Gasteiger partial charge in [0.25, 0.3) is 0 Å². The van der Waals surface area contributed by atoms with Crippen molar-refractivity contribution < 1.29 is 4.74 Å². The second-order valence-corrected chi connectivity index (χ2v) is 6.28. The van der Waals surface area contributed by atoms with Gasteiger partial charge in [0.15, 0.2) is 0 Å². The number of nitrogens with zero attached hydrogens (tertiary/aromatic N) is 1. The third-order valence-electron chi connectivity index (χ3n) is 3.54. The van der Waals surface area contributed by atoms with Crippen molar-refractivity contribution in [1.29, 1.82) is 0 Å². The van der Waals surface area contributed by atoms with E-state index in [4.69, 9.17) is 9.72 Å². The summed E-state index contributed by atoms with van der Waals surface area (Å²) in [4.78, 5) is 6.24. The summed E-state index contributed by atoms with van der Waals surface area (Å²) in [5.41, 5.74) is 1.35. The Labute approximate surface area is 107 Å². The first-order chi connectivity index (χ1) is 8.28. The van der Waals surface area contributed by atoms with Crippen LogP contribution < -0.4 is 5.32 Å². The first-order valence-electron chi connectivity index (χ1n) is 6.53.